The summed E-state index contributed by atoms with van der Waals surface area (Å²) in [5.74, 6) is 1.22. The minimum absolute atomic E-state index is 0.693. The van der Waals surface area contributed by atoms with E-state index in [1.54, 1.807) is 0 Å². The second-order valence-corrected chi connectivity index (χ2v) is 5.40. The van der Waals surface area contributed by atoms with Gasteiger partial charge >= 0.3 is 0 Å². The molecule has 1 rings (SSSR count). The van der Waals surface area contributed by atoms with Crippen LogP contribution < -0.4 is 5.73 Å². The van der Waals surface area contributed by atoms with E-state index >= 15 is 0 Å². The lowest BCUT2D eigenvalue weighted by Crippen LogP contribution is -2.34. The summed E-state index contributed by atoms with van der Waals surface area (Å²) in [6, 6.07) is 8.90. The summed E-state index contributed by atoms with van der Waals surface area (Å²) in [5, 5.41) is 0. The third kappa shape index (κ3) is 5.00. The van der Waals surface area contributed by atoms with Gasteiger partial charge in [0.1, 0.15) is 0 Å². The van der Waals surface area contributed by atoms with Crippen LogP contribution in [0.3, 0.4) is 0 Å². The normalized spacial score (nSPS) is 12.9. The van der Waals surface area contributed by atoms with Crippen LogP contribution in [0, 0.1) is 0 Å². The van der Waals surface area contributed by atoms with E-state index in [9.17, 15) is 0 Å². The molecule has 1 atom stereocenters. The predicted molar refractivity (Wildman–Crippen MR) is 79.6 cm³/mol. The van der Waals surface area contributed by atoms with Crippen LogP contribution in [0.4, 0.5) is 5.69 Å². The summed E-state index contributed by atoms with van der Waals surface area (Å²) in [6.45, 7) is 3.38. The number of hydrogen-bond donors (Lipinski definition) is 1. The molecule has 0 saturated carbocycles. The highest BCUT2D eigenvalue weighted by molar-refractivity contribution is 7.98. The minimum Gasteiger partial charge on any atom is -0.399 e. The molecule has 0 spiro atoms. The molecule has 17 heavy (non-hydrogen) atoms. The van der Waals surface area contributed by atoms with E-state index in [0.717, 1.165) is 18.7 Å². The SMILES string of the molecule is CCC(CSC)N(C)CCc1ccc(N)cc1. The van der Waals surface area contributed by atoms with Crippen molar-refractivity contribution in [3.05, 3.63) is 29.8 Å². The number of anilines is 1. The Morgan fingerprint density at radius 2 is 1.94 bits per heavy atom. The molecule has 2 N–H and O–H groups in total. The van der Waals surface area contributed by atoms with Gasteiger partial charge in [0.25, 0.3) is 0 Å². The Balaban J connectivity index is 2.41. The van der Waals surface area contributed by atoms with E-state index in [0.29, 0.717) is 6.04 Å². The number of rotatable bonds is 7. The fourth-order valence-electron chi connectivity index (χ4n) is 1.92. The Morgan fingerprint density at radius 3 is 2.47 bits per heavy atom. The maximum absolute atomic E-state index is 5.68. The molecule has 96 valence electrons. The Morgan fingerprint density at radius 1 is 1.29 bits per heavy atom. The summed E-state index contributed by atoms with van der Waals surface area (Å²) in [7, 11) is 2.22. The van der Waals surface area contributed by atoms with Crippen molar-refractivity contribution >= 4 is 17.4 Å². The molecule has 0 saturated heterocycles. The molecule has 0 fully saturated rings. The fraction of sp³-hybridized carbons (Fsp3) is 0.571. The first-order valence-corrected chi connectivity index (χ1v) is 7.60. The van der Waals surface area contributed by atoms with E-state index < -0.39 is 0 Å². The first-order chi connectivity index (χ1) is 8.17. The maximum atomic E-state index is 5.68. The average molecular weight is 252 g/mol. The van der Waals surface area contributed by atoms with Gasteiger partial charge in [-0.05, 0) is 43.8 Å². The molecule has 0 aliphatic heterocycles. The number of hydrogen-bond acceptors (Lipinski definition) is 3. The molecule has 1 unspecified atom stereocenters. The fourth-order valence-corrected chi connectivity index (χ4v) is 2.80. The molecule has 1 aromatic carbocycles. The lowest BCUT2D eigenvalue weighted by Gasteiger charge is -2.26. The Bertz CT molecular complexity index is 311. The number of nitrogens with zero attached hydrogens (tertiary/aromatic N) is 1. The van der Waals surface area contributed by atoms with Crippen molar-refractivity contribution in [3.63, 3.8) is 0 Å². The number of likely N-dealkylation sites (N-methyl/N-ethyl adjacent to an activating group) is 1. The molecular weight excluding hydrogens is 228 g/mol. The molecule has 0 radical (unpaired) electrons. The molecule has 0 aliphatic carbocycles. The summed E-state index contributed by atoms with van der Waals surface area (Å²) in [4.78, 5) is 2.47. The van der Waals surface area contributed by atoms with E-state index in [-0.39, 0.29) is 0 Å². The van der Waals surface area contributed by atoms with Crippen molar-refractivity contribution in [2.45, 2.75) is 25.8 Å². The number of nitrogen functional groups attached to an aromatic ring is 1. The highest BCUT2D eigenvalue weighted by Gasteiger charge is 2.11. The van der Waals surface area contributed by atoms with E-state index in [1.807, 2.05) is 23.9 Å². The van der Waals surface area contributed by atoms with Gasteiger partial charge in [-0.15, -0.1) is 0 Å². The first-order valence-electron chi connectivity index (χ1n) is 6.21. The van der Waals surface area contributed by atoms with Gasteiger partial charge in [-0.2, -0.15) is 11.8 Å². The summed E-state index contributed by atoms with van der Waals surface area (Å²) < 4.78 is 0. The van der Waals surface area contributed by atoms with Crippen molar-refractivity contribution in [2.24, 2.45) is 0 Å². The zero-order valence-corrected chi connectivity index (χ0v) is 12.0. The van der Waals surface area contributed by atoms with Crippen molar-refractivity contribution < 1.29 is 0 Å². The van der Waals surface area contributed by atoms with Crippen LogP contribution in [-0.4, -0.2) is 36.5 Å². The summed E-state index contributed by atoms with van der Waals surface area (Å²) in [5.41, 5.74) is 7.89. The summed E-state index contributed by atoms with van der Waals surface area (Å²) in [6.07, 6.45) is 4.50. The second-order valence-electron chi connectivity index (χ2n) is 4.49. The number of nitrogens with two attached hydrogens (primary N) is 1. The van der Waals surface area contributed by atoms with Crippen molar-refractivity contribution in [1.82, 2.24) is 4.90 Å². The van der Waals surface area contributed by atoms with Gasteiger partial charge in [0.2, 0.25) is 0 Å². The highest BCUT2D eigenvalue weighted by atomic mass is 32.2. The van der Waals surface area contributed by atoms with E-state index in [2.05, 4.69) is 37.3 Å². The highest BCUT2D eigenvalue weighted by Crippen LogP contribution is 2.11. The molecule has 0 aliphatic rings. The van der Waals surface area contributed by atoms with Gasteiger partial charge in [0, 0.05) is 24.0 Å². The third-order valence-electron chi connectivity index (χ3n) is 3.19. The number of benzene rings is 1. The van der Waals surface area contributed by atoms with Crippen LogP contribution in [0.2, 0.25) is 0 Å². The monoisotopic (exact) mass is 252 g/mol. The van der Waals surface area contributed by atoms with Gasteiger partial charge < -0.3 is 10.6 Å². The van der Waals surface area contributed by atoms with Crippen LogP contribution >= 0.6 is 11.8 Å². The summed E-state index contributed by atoms with van der Waals surface area (Å²) >= 11 is 1.93. The Hall–Kier alpha value is -0.670. The van der Waals surface area contributed by atoms with Crippen molar-refractivity contribution in [3.8, 4) is 0 Å². The van der Waals surface area contributed by atoms with Crippen LogP contribution in [0.25, 0.3) is 0 Å². The maximum Gasteiger partial charge on any atom is 0.0314 e. The molecule has 0 heterocycles. The van der Waals surface area contributed by atoms with Crippen molar-refractivity contribution in [2.75, 3.05) is 31.3 Å². The van der Waals surface area contributed by atoms with Crippen molar-refractivity contribution in [1.29, 1.82) is 0 Å². The van der Waals surface area contributed by atoms with Gasteiger partial charge in [-0.3, -0.25) is 0 Å². The van der Waals surface area contributed by atoms with E-state index in [4.69, 9.17) is 5.73 Å². The van der Waals surface area contributed by atoms with Crippen LogP contribution in [0.5, 0.6) is 0 Å². The molecule has 0 bridgehead atoms. The van der Waals surface area contributed by atoms with Gasteiger partial charge in [0.05, 0.1) is 0 Å². The second kappa shape index (κ2) is 7.62. The molecule has 2 nitrogen and oxygen atoms in total. The topological polar surface area (TPSA) is 29.3 Å². The molecule has 3 heteroatoms. The van der Waals surface area contributed by atoms with Gasteiger partial charge in [0.15, 0.2) is 0 Å². The average Bonchev–Trinajstić information content (AvgIpc) is 2.35. The van der Waals surface area contributed by atoms with Crippen LogP contribution in [0.15, 0.2) is 24.3 Å². The van der Waals surface area contributed by atoms with Gasteiger partial charge in [-0.25, -0.2) is 0 Å². The molecule has 0 aromatic heterocycles. The standard InChI is InChI=1S/C14H24N2S/c1-4-14(11-17-3)16(2)10-9-12-5-7-13(15)8-6-12/h5-8,14H,4,9-11,15H2,1-3H3. The smallest absolute Gasteiger partial charge is 0.0314 e. The molecule has 1 aromatic rings. The zero-order chi connectivity index (χ0) is 12.7. The molecular formula is C14H24N2S. The predicted octanol–water partition coefficient (Wildman–Crippen LogP) is 2.88. The van der Waals surface area contributed by atoms with Crippen LogP contribution in [-0.2, 0) is 6.42 Å². The quantitative estimate of drug-likeness (QED) is 0.757. The van der Waals surface area contributed by atoms with E-state index in [1.165, 1.54) is 17.7 Å². The third-order valence-corrected chi connectivity index (χ3v) is 3.90. The zero-order valence-electron chi connectivity index (χ0n) is 11.1. The largest absolute Gasteiger partial charge is 0.399 e. The Kier molecular flexibility index (Phi) is 6.45. The van der Waals surface area contributed by atoms with Gasteiger partial charge in [-0.1, -0.05) is 19.1 Å². The molecule has 0 amide bonds. The Labute approximate surface area is 110 Å². The lowest BCUT2D eigenvalue weighted by atomic mass is 10.1. The lowest BCUT2D eigenvalue weighted by molar-refractivity contribution is 0.259. The first kappa shape index (κ1) is 14.4. The van der Waals surface area contributed by atoms with Crippen LogP contribution in [0.1, 0.15) is 18.9 Å². The number of thioether (sulfide) groups is 1. The minimum atomic E-state index is 0.693.